The van der Waals surface area contributed by atoms with Crippen molar-refractivity contribution < 1.29 is 22.4 Å². The third-order valence-electron chi connectivity index (χ3n) is 1.83. The number of alkyl halides is 3. The quantitative estimate of drug-likeness (QED) is 0.667. The predicted octanol–water partition coefficient (Wildman–Crippen LogP) is 3.57. The molecule has 0 radical (unpaired) electrons. The molecule has 8 heteroatoms. The number of hydrogen-bond donors (Lipinski definition) is 1. The average molecular weight is 346 g/mol. The maximum Gasteiger partial charge on any atom is 0.441 e. The van der Waals surface area contributed by atoms with E-state index < -0.39 is 17.2 Å². The zero-order chi connectivity index (χ0) is 13.8. The fraction of sp³-hybridized carbons (Fsp3) is 0.300. The van der Waals surface area contributed by atoms with E-state index in [1.54, 1.807) is 0 Å². The van der Waals surface area contributed by atoms with E-state index in [1.807, 2.05) is 0 Å². The number of thioether (sulfide) groups is 1. The van der Waals surface area contributed by atoms with Crippen molar-refractivity contribution >= 4 is 33.6 Å². The zero-order valence-electron chi connectivity index (χ0n) is 8.85. The van der Waals surface area contributed by atoms with Crippen molar-refractivity contribution in [1.82, 2.24) is 5.32 Å². The SMILES string of the molecule is O=C(NCCSC(F)(F)F)c1ccc(F)cc1Br. The molecule has 0 aliphatic carbocycles. The van der Waals surface area contributed by atoms with Crippen molar-refractivity contribution in [3.8, 4) is 0 Å². The van der Waals surface area contributed by atoms with Crippen LogP contribution in [0.4, 0.5) is 17.6 Å². The summed E-state index contributed by atoms with van der Waals surface area (Å²) < 4.78 is 48.4. The molecule has 2 nitrogen and oxygen atoms in total. The second-order valence-corrected chi connectivity index (χ2v) is 5.19. The van der Waals surface area contributed by atoms with Crippen LogP contribution in [0.3, 0.4) is 0 Å². The minimum atomic E-state index is -4.30. The summed E-state index contributed by atoms with van der Waals surface area (Å²) in [7, 11) is 0. The van der Waals surface area contributed by atoms with Gasteiger partial charge in [0.15, 0.2) is 0 Å². The Balaban J connectivity index is 2.46. The Morgan fingerprint density at radius 2 is 2.06 bits per heavy atom. The molecule has 18 heavy (non-hydrogen) atoms. The normalized spacial score (nSPS) is 11.4. The van der Waals surface area contributed by atoms with Crippen molar-refractivity contribution in [3.05, 3.63) is 34.1 Å². The van der Waals surface area contributed by atoms with Gasteiger partial charge in [-0.1, -0.05) is 0 Å². The molecule has 0 saturated heterocycles. The summed E-state index contributed by atoms with van der Waals surface area (Å²) >= 11 is 2.79. The summed E-state index contributed by atoms with van der Waals surface area (Å²) in [5.41, 5.74) is -4.13. The zero-order valence-corrected chi connectivity index (χ0v) is 11.3. The number of nitrogens with one attached hydrogen (secondary N) is 1. The third-order valence-corrected chi connectivity index (χ3v) is 3.22. The highest BCUT2D eigenvalue weighted by atomic mass is 79.9. The van der Waals surface area contributed by atoms with Crippen LogP contribution in [0, 0.1) is 5.82 Å². The molecule has 0 aliphatic rings. The summed E-state index contributed by atoms with van der Waals surface area (Å²) in [4.78, 5) is 11.5. The van der Waals surface area contributed by atoms with Crippen LogP contribution in [-0.4, -0.2) is 23.7 Å². The van der Waals surface area contributed by atoms with Gasteiger partial charge in [-0.05, 0) is 45.9 Å². The van der Waals surface area contributed by atoms with E-state index in [9.17, 15) is 22.4 Å². The first-order valence-corrected chi connectivity index (χ1v) is 6.51. The second kappa shape index (κ2) is 6.42. The number of carbonyl (C=O) groups is 1. The van der Waals surface area contributed by atoms with Gasteiger partial charge >= 0.3 is 5.51 Å². The summed E-state index contributed by atoms with van der Waals surface area (Å²) in [6, 6.07) is 3.47. The Morgan fingerprint density at radius 1 is 1.39 bits per heavy atom. The standard InChI is InChI=1S/C10H8BrF4NOS/c11-8-5-6(12)1-2-7(8)9(17)16-3-4-18-10(13,14)15/h1-2,5H,3-4H2,(H,16,17). The van der Waals surface area contributed by atoms with Gasteiger partial charge in [-0.2, -0.15) is 13.2 Å². The molecule has 1 aromatic carbocycles. The Bertz CT molecular complexity index is 438. The molecular weight excluding hydrogens is 338 g/mol. The van der Waals surface area contributed by atoms with Gasteiger partial charge in [-0.25, -0.2) is 4.39 Å². The van der Waals surface area contributed by atoms with Crippen molar-refractivity contribution in [2.75, 3.05) is 12.3 Å². The monoisotopic (exact) mass is 345 g/mol. The first-order valence-electron chi connectivity index (χ1n) is 4.73. The lowest BCUT2D eigenvalue weighted by Crippen LogP contribution is -2.26. The van der Waals surface area contributed by atoms with Crippen LogP contribution in [0.5, 0.6) is 0 Å². The summed E-state index contributed by atoms with van der Waals surface area (Å²) in [6.07, 6.45) is 0. The van der Waals surface area contributed by atoms with E-state index in [1.165, 1.54) is 6.07 Å². The fourth-order valence-electron chi connectivity index (χ4n) is 1.10. The number of halogens is 5. The molecule has 0 aromatic heterocycles. The molecule has 0 spiro atoms. The lowest BCUT2D eigenvalue weighted by Gasteiger charge is -2.08. The van der Waals surface area contributed by atoms with Crippen LogP contribution < -0.4 is 5.32 Å². The number of benzene rings is 1. The highest BCUT2D eigenvalue weighted by Gasteiger charge is 2.27. The number of hydrogen-bond acceptors (Lipinski definition) is 2. The van der Waals surface area contributed by atoms with Gasteiger partial charge in [0.2, 0.25) is 0 Å². The van der Waals surface area contributed by atoms with E-state index in [-0.39, 0.29) is 34.1 Å². The lowest BCUT2D eigenvalue weighted by atomic mass is 10.2. The number of carbonyl (C=O) groups excluding carboxylic acids is 1. The smallest absolute Gasteiger partial charge is 0.351 e. The molecule has 0 aliphatic heterocycles. The molecular formula is C10H8BrF4NOS. The van der Waals surface area contributed by atoms with Crippen molar-refractivity contribution in [1.29, 1.82) is 0 Å². The first kappa shape index (κ1) is 15.3. The summed E-state index contributed by atoms with van der Waals surface area (Å²) in [5, 5.41) is 2.32. The second-order valence-electron chi connectivity index (χ2n) is 3.17. The van der Waals surface area contributed by atoms with Crippen LogP contribution in [0.15, 0.2) is 22.7 Å². The Hall–Kier alpha value is -0.760. The van der Waals surface area contributed by atoms with Crippen LogP contribution in [0.25, 0.3) is 0 Å². The van der Waals surface area contributed by atoms with Crippen molar-refractivity contribution in [3.63, 3.8) is 0 Å². The largest absolute Gasteiger partial charge is 0.441 e. The minimum Gasteiger partial charge on any atom is -0.351 e. The molecule has 1 amide bonds. The first-order chi connectivity index (χ1) is 8.29. The summed E-state index contributed by atoms with van der Waals surface area (Å²) in [5.74, 6) is -1.33. The molecule has 0 fully saturated rings. The third kappa shape index (κ3) is 5.26. The molecule has 100 valence electrons. The molecule has 1 aromatic rings. The predicted molar refractivity (Wildman–Crippen MR) is 64.9 cm³/mol. The highest BCUT2D eigenvalue weighted by Crippen LogP contribution is 2.29. The minimum absolute atomic E-state index is 0.118. The van der Waals surface area contributed by atoms with Gasteiger partial charge in [0.1, 0.15) is 5.82 Å². The van der Waals surface area contributed by atoms with E-state index >= 15 is 0 Å². The van der Waals surface area contributed by atoms with E-state index in [0.29, 0.717) is 0 Å². The van der Waals surface area contributed by atoms with Gasteiger partial charge in [0.05, 0.1) is 5.56 Å². The van der Waals surface area contributed by atoms with E-state index in [4.69, 9.17) is 0 Å². The van der Waals surface area contributed by atoms with Crippen LogP contribution in [0.1, 0.15) is 10.4 Å². The topological polar surface area (TPSA) is 29.1 Å². The van der Waals surface area contributed by atoms with Gasteiger partial charge in [0.25, 0.3) is 5.91 Å². The molecule has 0 bridgehead atoms. The van der Waals surface area contributed by atoms with E-state index in [0.717, 1.165) is 12.1 Å². The maximum absolute atomic E-state index is 12.8. The lowest BCUT2D eigenvalue weighted by molar-refractivity contribution is -0.0327. The van der Waals surface area contributed by atoms with Crippen molar-refractivity contribution in [2.24, 2.45) is 0 Å². The Kier molecular flexibility index (Phi) is 5.46. The maximum atomic E-state index is 12.8. The molecule has 1 rings (SSSR count). The summed E-state index contributed by atoms with van der Waals surface area (Å²) in [6.45, 7) is -0.118. The number of amides is 1. The van der Waals surface area contributed by atoms with Gasteiger partial charge < -0.3 is 5.32 Å². The fourth-order valence-corrected chi connectivity index (χ4v) is 2.07. The van der Waals surface area contributed by atoms with Crippen LogP contribution in [-0.2, 0) is 0 Å². The molecule has 1 N–H and O–H groups in total. The van der Waals surface area contributed by atoms with Gasteiger partial charge in [-0.15, -0.1) is 0 Å². The van der Waals surface area contributed by atoms with E-state index in [2.05, 4.69) is 21.2 Å². The molecule has 0 saturated carbocycles. The Labute approximate surface area is 113 Å². The average Bonchev–Trinajstić information content (AvgIpc) is 2.22. The Morgan fingerprint density at radius 3 is 2.61 bits per heavy atom. The highest BCUT2D eigenvalue weighted by molar-refractivity contribution is 9.10. The van der Waals surface area contributed by atoms with Gasteiger partial charge in [0, 0.05) is 16.8 Å². The molecule has 0 heterocycles. The molecule has 0 atom stereocenters. The van der Waals surface area contributed by atoms with Crippen LogP contribution in [0.2, 0.25) is 0 Å². The van der Waals surface area contributed by atoms with Gasteiger partial charge in [-0.3, -0.25) is 4.79 Å². The van der Waals surface area contributed by atoms with Crippen LogP contribution >= 0.6 is 27.7 Å². The number of rotatable bonds is 4. The van der Waals surface area contributed by atoms with Crippen molar-refractivity contribution in [2.45, 2.75) is 5.51 Å². The molecule has 0 unspecified atom stereocenters.